The number of carbonyl (C=O) groups is 12. The molecular weight excluding hydrogens is 728 g/mol. The molecule has 4 aliphatic rings. The van der Waals surface area contributed by atoms with Crippen LogP contribution in [0.15, 0.2) is 0 Å². The van der Waals surface area contributed by atoms with Crippen LogP contribution < -0.4 is 21.3 Å². The lowest BCUT2D eigenvalue weighted by Crippen LogP contribution is -2.58. The van der Waals surface area contributed by atoms with E-state index in [1.807, 2.05) is 0 Å². The summed E-state index contributed by atoms with van der Waals surface area (Å²) in [5.41, 5.74) is 0. The highest BCUT2D eigenvalue weighted by atomic mass is 32.2. The van der Waals surface area contributed by atoms with Crippen molar-refractivity contribution in [3.05, 3.63) is 0 Å². The van der Waals surface area contributed by atoms with Crippen molar-refractivity contribution in [2.45, 2.75) is 74.2 Å². The largest absolute Gasteiger partial charge is 0.513 e. The van der Waals surface area contributed by atoms with Gasteiger partial charge in [-0.05, 0) is 0 Å². The third-order valence-electron chi connectivity index (χ3n) is 6.71. The molecule has 26 nitrogen and oxygen atoms in total. The predicted octanol–water partition coefficient (Wildman–Crippen LogP) is -3.98. The minimum Gasteiger partial charge on any atom is -0.420 e. The number of nitrogens with one attached hydrogen (secondary N) is 4. The maximum Gasteiger partial charge on any atom is 0.513 e. The first-order valence-electron chi connectivity index (χ1n) is 13.8. The van der Waals surface area contributed by atoms with Gasteiger partial charge in [-0.3, -0.25) is 59.6 Å². The molecule has 4 N–H and O–H groups in total. The highest BCUT2D eigenvalue weighted by Gasteiger charge is 2.64. The number of hydrogen-bond donors (Lipinski definition) is 4. The quantitative estimate of drug-likeness (QED) is 0.0715. The van der Waals surface area contributed by atoms with Crippen LogP contribution in [0.4, 0.5) is 19.2 Å². The Labute approximate surface area is 281 Å². The summed E-state index contributed by atoms with van der Waals surface area (Å²) in [7, 11) is -6.24. The van der Waals surface area contributed by atoms with Gasteiger partial charge in [0.1, 0.15) is 0 Å². The summed E-state index contributed by atoms with van der Waals surface area (Å²) in [5, 5.41) is -1.04. The van der Waals surface area contributed by atoms with E-state index in [4.69, 9.17) is 0 Å². The summed E-state index contributed by atoms with van der Waals surface area (Å²) < 4.78 is 65.4. The van der Waals surface area contributed by atoms with Gasteiger partial charge in [0, 0.05) is 13.8 Å². The highest BCUT2D eigenvalue weighted by Crippen LogP contribution is 2.36. The molecule has 4 heterocycles. The van der Waals surface area contributed by atoms with Crippen LogP contribution in [-0.2, 0) is 86.1 Å². The summed E-state index contributed by atoms with van der Waals surface area (Å²) in [6.07, 6.45) is -19.7. The first-order valence-corrected chi connectivity index (χ1v) is 15.3. The molecule has 4 rings (SSSR count). The van der Waals surface area contributed by atoms with E-state index in [0.717, 1.165) is 0 Å². The Morgan fingerprint density at radius 2 is 0.667 bits per heavy atom. The van der Waals surface area contributed by atoms with Crippen LogP contribution in [0.5, 0.6) is 0 Å². The van der Waals surface area contributed by atoms with E-state index in [2.05, 4.69) is 37.9 Å². The van der Waals surface area contributed by atoms with E-state index in [1.54, 1.807) is 21.3 Å². The Kier molecular flexibility index (Phi) is 10.2. The lowest BCUT2D eigenvalue weighted by atomic mass is 10.3. The van der Waals surface area contributed by atoms with Crippen LogP contribution in [0.1, 0.15) is 39.5 Å². The molecule has 0 radical (unpaired) electrons. The Hall–Kier alpha value is -6.41. The molecule has 0 saturated carbocycles. The second-order valence-corrected chi connectivity index (χ2v) is 13.0. The second-order valence-electron chi connectivity index (χ2n) is 10.5. The zero-order valence-corrected chi connectivity index (χ0v) is 26.3. The Morgan fingerprint density at radius 3 is 0.824 bits per heavy atom. The van der Waals surface area contributed by atoms with Gasteiger partial charge in [-0.2, -0.15) is 0 Å². The monoisotopic (exact) mass is 750 g/mol. The molecular formula is C24H22N4O22S. The average molecular weight is 751 g/mol. The Balaban J connectivity index is 1.68. The topological polar surface area (TPSA) is 361 Å². The normalized spacial score (nSPS) is 25.3. The molecule has 4 saturated heterocycles. The molecule has 0 bridgehead atoms. The van der Waals surface area contributed by atoms with Gasteiger partial charge in [0.2, 0.25) is 23.6 Å². The Bertz CT molecular complexity index is 1550. The number of imide groups is 4. The Morgan fingerprint density at radius 1 is 0.471 bits per heavy atom. The van der Waals surface area contributed by atoms with Crippen molar-refractivity contribution in [3.63, 3.8) is 0 Å². The molecule has 0 spiro atoms. The van der Waals surface area contributed by atoms with Crippen molar-refractivity contribution in [1.82, 2.24) is 21.3 Å². The van der Waals surface area contributed by atoms with E-state index in [-0.39, 0.29) is 13.8 Å². The van der Waals surface area contributed by atoms with Crippen molar-refractivity contribution in [2.24, 2.45) is 0 Å². The van der Waals surface area contributed by atoms with Crippen LogP contribution in [0, 0.1) is 0 Å². The third kappa shape index (κ3) is 8.25. The maximum atomic E-state index is 14.2. The molecule has 4 atom stereocenters. The van der Waals surface area contributed by atoms with Gasteiger partial charge in [-0.1, -0.05) is 0 Å². The fourth-order valence-corrected chi connectivity index (χ4v) is 5.65. The van der Waals surface area contributed by atoms with Gasteiger partial charge in [0.05, 0.1) is 25.7 Å². The van der Waals surface area contributed by atoms with Crippen LogP contribution in [-0.4, -0.2) is 115 Å². The van der Waals surface area contributed by atoms with Crippen LogP contribution in [0.2, 0.25) is 0 Å². The molecule has 4 fully saturated rings. The molecule has 4 aliphatic heterocycles. The molecule has 4 unspecified atom stereocenters. The number of carbonyl (C=O) groups excluding carboxylic acids is 12. The van der Waals surface area contributed by atoms with Crippen molar-refractivity contribution in [3.8, 4) is 0 Å². The standard InChI is InChI=1S/C24H22N4O22S/c1-23(47-19(37)43-7-3-11(29)25-15(7)33,48-20(38)44-8-4-12(30)26-16(8)34)51(41,42)24(2,49-21(39)45-9-5-13(31)27-17(9)35)50-22(40)46-10-6-14(32)28-18(10)36/h7-10H,3-6H2,1-2H3,(H,25,29,33)(H,26,30,34)(H,27,31,35)(H,28,32,36). The summed E-state index contributed by atoms with van der Waals surface area (Å²) in [5.74, 6) is -8.60. The van der Waals surface area contributed by atoms with Crippen molar-refractivity contribution >= 4 is 81.7 Å². The molecule has 0 aliphatic carbocycles. The highest BCUT2D eigenvalue weighted by molar-refractivity contribution is 7.93. The van der Waals surface area contributed by atoms with E-state index >= 15 is 0 Å². The molecule has 276 valence electrons. The van der Waals surface area contributed by atoms with E-state index in [1.165, 1.54) is 0 Å². The maximum absolute atomic E-state index is 14.2. The smallest absolute Gasteiger partial charge is 0.420 e. The summed E-state index contributed by atoms with van der Waals surface area (Å²) in [6, 6.07) is 0. The molecule has 0 aromatic rings. The third-order valence-corrected chi connectivity index (χ3v) is 8.99. The predicted molar refractivity (Wildman–Crippen MR) is 142 cm³/mol. The van der Waals surface area contributed by atoms with E-state index < -0.39 is 142 Å². The van der Waals surface area contributed by atoms with Gasteiger partial charge in [0.25, 0.3) is 23.6 Å². The first-order chi connectivity index (χ1) is 23.6. The summed E-state index contributed by atoms with van der Waals surface area (Å²) in [4.78, 5) is 145. The lowest BCUT2D eigenvalue weighted by Gasteiger charge is -2.35. The summed E-state index contributed by atoms with van der Waals surface area (Å²) in [6.45, 7) is 0.386. The van der Waals surface area contributed by atoms with Crippen molar-refractivity contribution in [1.29, 1.82) is 0 Å². The zero-order chi connectivity index (χ0) is 38.1. The first kappa shape index (κ1) is 37.4. The number of ether oxygens (including phenoxy) is 8. The van der Waals surface area contributed by atoms with Crippen LogP contribution >= 0.6 is 0 Å². The minimum absolute atomic E-state index is 0.193. The SMILES string of the molecule is CC(OC(=O)OC1CC(=O)NC1=O)(OC(=O)OC1CC(=O)NC1=O)S(=O)(=O)C(C)(OC(=O)OC1CC(=O)NC1=O)OC(=O)OC1CC(=O)NC1=O. The second kappa shape index (κ2) is 13.8. The molecule has 8 amide bonds. The van der Waals surface area contributed by atoms with Gasteiger partial charge < -0.3 is 37.9 Å². The van der Waals surface area contributed by atoms with Gasteiger partial charge in [-0.25, -0.2) is 27.6 Å². The van der Waals surface area contributed by atoms with Crippen molar-refractivity contribution in [2.75, 3.05) is 0 Å². The molecule has 0 aromatic heterocycles. The lowest BCUT2D eigenvalue weighted by molar-refractivity contribution is -0.163. The van der Waals surface area contributed by atoms with E-state index in [9.17, 15) is 66.0 Å². The number of sulfone groups is 1. The molecule has 51 heavy (non-hydrogen) atoms. The van der Waals surface area contributed by atoms with E-state index in [0.29, 0.717) is 0 Å². The molecule has 0 aromatic carbocycles. The van der Waals surface area contributed by atoms with Crippen LogP contribution in [0.3, 0.4) is 0 Å². The van der Waals surface area contributed by atoms with Gasteiger partial charge in [-0.15, -0.1) is 0 Å². The fraction of sp³-hybridized carbons (Fsp3) is 0.500. The summed E-state index contributed by atoms with van der Waals surface area (Å²) >= 11 is 0. The number of hydrogen-bond acceptors (Lipinski definition) is 22. The zero-order valence-electron chi connectivity index (χ0n) is 25.5. The molecule has 27 heteroatoms. The minimum atomic E-state index is -6.24. The van der Waals surface area contributed by atoms with Gasteiger partial charge >= 0.3 is 44.7 Å². The average Bonchev–Trinajstić information content (AvgIpc) is 3.68. The number of amides is 8. The van der Waals surface area contributed by atoms with Crippen molar-refractivity contribution < 1.29 is 104 Å². The van der Waals surface area contributed by atoms with Gasteiger partial charge in [0.15, 0.2) is 24.4 Å². The van der Waals surface area contributed by atoms with Crippen LogP contribution in [0.25, 0.3) is 0 Å². The number of rotatable bonds is 10. The fourth-order valence-electron chi connectivity index (χ4n) is 4.27.